The molecule has 0 aromatic rings. The molecule has 4 N–H and O–H groups in total. The smallest absolute Gasteiger partial charge is 0.330 e. The van der Waals surface area contributed by atoms with E-state index in [1.165, 1.54) is 13.8 Å². The summed E-state index contributed by atoms with van der Waals surface area (Å²) in [6.07, 6.45) is 1.29. The highest BCUT2D eigenvalue weighted by molar-refractivity contribution is 5.85. The number of carbonyl (C=O) groups is 3. The molecule has 144 valence electrons. The molecule has 25 heavy (non-hydrogen) atoms. The van der Waals surface area contributed by atoms with Crippen LogP contribution in [0.5, 0.6) is 0 Å². The van der Waals surface area contributed by atoms with Gasteiger partial charge in [0.15, 0.2) is 0 Å². The summed E-state index contributed by atoms with van der Waals surface area (Å²) >= 11 is 0. The zero-order valence-electron chi connectivity index (χ0n) is 14.4. The van der Waals surface area contributed by atoms with Crippen LogP contribution >= 0.6 is 0 Å². The van der Waals surface area contributed by atoms with Crippen LogP contribution in [0, 0.1) is 0 Å². The molecular weight excluding hydrogens is 336 g/mol. The highest BCUT2D eigenvalue weighted by Crippen LogP contribution is 2.08. The Balaban J connectivity index is -0.000000271. The number of esters is 1. The van der Waals surface area contributed by atoms with E-state index in [2.05, 4.69) is 24.5 Å². The lowest BCUT2D eigenvalue weighted by Gasteiger charge is -1.94. The second-order valence-electron chi connectivity index (χ2n) is 4.41. The van der Waals surface area contributed by atoms with Gasteiger partial charge in [0.05, 0.1) is 19.8 Å². The molecule has 1 atom stereocenters. The van der Waals surface area contributed by atoms with Crippen LogP contribution in [-0.4, -0.2) is 70.9 Å². The number of aliphatic carboxylic acids is 2. The first-order valence-electron chi connectivity index (χ1n) is 6.93. The Bertz CT molecular complexity index is 401. The minimum atomic E-state index is -0.935. The quantitative estimate of drug-likeness (QED) is 0.298. The number of epoxide rings is 1. The normalized spacial score (nSPS) is 13.0. The third kappa shape index (κ3) is 30.0. The third-order valence-corrected chi connectivity index (χ3v) is 1.81. The minimum absolute atomic E-state index is 0.125. The van der Waals surface area contributed by atoms with Crippen LogP contribution in [0.1, 0.15) is 13.8 Å². The third-order valence-electron chi connectivity index (χ3n) is 1.81. The Hall–Kier alpha value is -2.49. The molecule has 9 nitrogen and oxygen atoms in total. The molecule has 0 aromatic heterocycles. The zero-order valence-corrected chi connectivity index (χ0v) is 14.4. The standard InChI is InChI=1S/C6H8O3.2C4H6O2.C2H6O2/c1-2-6(7)9-4-5-3-8-5;2*1-3(2)4(5)6;3-1-2-4/h2,5H,1,3-4H2;2*1H2,2H3,(H,5,6);3-4H,1-2H2. The van der Waals surface area contributed by atoms with E-state index < -0.39 is 11.9 Å². The van der Waals surface area contributed by atoms with Crippen molar-refractivity contribution in [2.24, 2.45) is 0 Å². The van der Waals surface area contributed by atoms with Gasteiger partial charge in [-0.25, -0.2) is 14.4 Å². The fraction of sp³-hybridized carbons (Fsp3) is 0.438. The lowest BCUT2D eigenvalue weighted by Crippen LogP contribution is -2.06. The van der Waals surface area contributed by atoms with Gasteiger partial charge >= 0.3 is 17.9 Å². The fourth-order valence-electron chi connectivity index (χ4n) is 0.398. The Kier molecular flexibility index (Phi) is 19.5. The van der Waals surface area contributed by atoms with Crippen LogP contribution in [0.25, 0.3) is 0 Å². The van der Waals surface area contributed by atoms with Crippen molar-refractivity contribution >= 4 is 17.9 Å². The lowest BCUT2D eigenvalue weighted by atomic mass is 10.4. The van der Waals surface area contributed by atoms with Crippen LogP contribution in [0.4, 0.5) is 0 Å². The van der Waals surface area contributed by atoms with Crippen molar-refractivity contribution in [1.29, 1.82) is 0 Å². The van der Waals surface area contributed by atoms with Crippen molar-refractivity contribution in [2.75, 3.05) is 26.4 Å². The van der Waals surface area contributed by atoms with Crippen LogP contribution in [0.3, 0.4) is 0 Å². The molecule has 1 aliphatic heterocycles. The van der Waals surface area contributed by atoms with E-state index in [1.807, 2.05) is 0 Å². The summed E-state index contributed by atoms with van der Waals surface area (Å²) in [5.41, 5.74) is 0.352. The molecule has 1 rings (SSSR count). The van der Waals surface area contributed by atoms with Crippen LogP contribution < -0.4 is 0 Å². The number of hydrogen-bond donors (Lipinski definition) is 4. The molecule has 1 unspecified atom stereocenters. The van der Waals surface area contributed by atoms with Crippen molar-refractivity contribution in [3.63, 3.8) is 0 Å². The number of carbonyl (C=O) groups excluding carboxylic acids is 1. The topological polar surface area (TPSA) is 154 Å². The molecule has 1 saturated heterocycles. The van der Waals surface area contributed by atoms with Crippen molar-refractivity contribution < 1.29 is 44.3 Å². The molecule has 0 aromatic carbocycles. The van der Waals surface area contributed by atoms with Crippen molar-refractivity contribution in [2.45, 2.75) is 20.0 Å². The number of aliphatic hydroxyl groups excluding tert-OH is 2. The second-order valence-corrected chi connectivity index (χ2v) is 4.41. The molecule has 9 heteroatoms. The SMILES string of the molecule is C=C(C)C(=O)O.C=C(C)C(=O)O.C=CC(=O)OCC1CO1.OCCO. The summed E-state index contributed by atoms with van der Waals surface area (Å²) in [6.45, 7) is 13.3. The highest BCUT2D eigenvalue weighted by atomic mass is 16.6. The van der Waals surface area contributed by atoms with E-state index in [9.17, 15) is 14.4 Å². The molecular formula is C16H26O9. The predicted octanol–water partition coefficient (Wildman–Crippen LogP) is 0.380. The summed E-state index contributed by atoms with van der Waals surface area (Å²) in [4.78, 5) is 29.5. The number of aliphatic hydroxyl groups is 2. The molecule has 0 amide bonds. The molecule has 1 aliphatic rings. The molecule has 1 heterocycles. The molecule has 1 fully saturated rings. The van der Waals surface area contributed by atoms with Gasteiger partial charge in [0, 0.05) is 17.2 Å². The van der Waals surface area contributed by atoms with Gasteiger partial charge in [-0.2, -0.15) is 0 Å². The fourth-order valence-corrected chi connectivity index (χ4v) is 0.398. The number of rotatable bonds is 6. The first-order chi connectivity index (χ1) is 11.5. The summed E-state index contributed by atoms with van der Waals surface area (Å²) in [6, 6.07) is 0. The van der Waals surface area contributed by atoms with Gasteiger partial charge in [0.1, 0.15) is 12.7 Å². The van der Waals surface area contributed by atoms with Gasteiger partial charge < -0.3 is 29.9 Å². The Morgan fingerprint density at radius 2 is 1.40 bits per heavy atom. The molecule has 0 bridgehead atoms. The van der Waals surface area contributed by atoms with Gasteiger partial charge in [-0.3, -0.25) is 0 Å². The maximum absolute atomic E-state index is 10.3. The largest absolute Gasteiger partial charge is 0.478 e. The van der Waals surface area contributed by atoms with Gasteiger partial charge in [-0.1, -0.05) is 19.7 Å². The number of ether oxygens (including phenoxy) is 2. The van der Waals surface area contributed by atoms with Crippen LogP contribution in [-0.2, 0) is 23.9 Å². The zero-order chi connectivity index (χ0) is 20.4. The first-order valence-corrected chi connectivity index (χ1v) is 6.93. The van der Waals surface area contributed by atoms with E-state index in [1.54, 1.807) is 0 Å². The monoisotopic (exact) mass is 362 g/mol. The lowest BCUT2D eigenvalue weighted by molar-refractivity contribution is -0.138. The number of carboxylic acids is 2. The Morgan fingerprint density at radius 3 is 1.56 bits per heavy atom. The van der Waals surface area contributed by atoms with E-state index in [-0.39, 0.29) is 36.4 Å². The Morgan fingerprint density at radius 1 is 1.08 bits per heavy atom. The van der Waals surface area contributed by atoms with Crippen molar-refractivity contribution in [3.05, 3.63) is 37.0 Å². The Labute approximate surface area is 146 Å². The summed E-state index contributed by atoms with van der Waals surface area (Å²) in [5.74, 6) is -2.25. The van der Waals surface area contributed by atoms with E-state index in [0.29, 0.717) is 13.2 Å². The van der Waals surface area contributed by atoms with Crippen molar-refractivity contribution in [3.8, 4) is 0 Å². The maximum atomic E-state index is 10.3. The highest BCUT2D eigenvalue weighted by Gasteiger charge is 2.23. The van der Waals surface area contributed by atoms with E-state index in [4.69, 9.17) is 25.2 Å². The number of carboxylic acid groups (broad SMARTS) is 2. The van der Waals surface area contributed by atoms with Gasteiger partial charge in [0.2, 0.25) is 0 Å². The van der Waals surface area contributed by atoms with Crippen LogP contribution in [0.15, 0.2) is 37.0 Å². The van der Waals surface area contributed by atoms with Crippen LogP contribution in [0.2, 0.25) is 0 Å². The van der Waals surface area contributed by atoms with Gasteiger partial charge in [-0.05, 0) is 13.8 Å². The number of hydrogen-bond acceptors (Lipinski definition) is 7. The summed E-state index contributed by atoms with van der Waals surface area (Å²) in [7, 11) is 0. The molecule has 0 saturated carbocycles. The summed E-state index contributed by atoms with van der Waals surface area (Å²) < 4.78 is 9.42. The maximum Gasteiger partial charge on any atom is 0.330 e. The van der Waals surface area contributed by atoms with Gasteiger partial charge in [-0.15, -0.1) is 0 Å². The van der Waals surface area contributed by atoms with Crippen molar-refractivity contribution in [1.82, 2.24) is 0 Å². The minimum Gasteiger partial charge on any atom is -0.478 e. The van der Waals surface area contributed by atoms with E-state index >= 15 is 0 Å². The molecule has 0 spiro atoms. The second kappa shape index (κ2) is 17.9. The average molecular weight is 362 g/mol. The first kappa shape index (κ1) is 27.4. The molecule has 0 radical (unpaired) electrons. The van der Waals surface area contributed by atoms with Gasteiger partial charge in [0.25, 0.3) is 0 Å². The summed E-state index contributed by atoms with van der Waals surface area (Å²) in [5, 5.41) is 31.0. The average Bonchev–Trinajstić information content (AvgIpc) is 3.38. The predicted molar refractivity (Wildman–Crippen MR) is 90.0 cm³/mol. The molecule has 0 aliphatic carbocycles. The van der Waals surface area contributed by atoms with E-state index in [0.717, 1.165) is 6.08 Å².